The lowest BCUT2D eigenvalue weighted by Crippen LogP contribution is -2.04. The van der Waals surface area contributed by atoms with Crippen molar-refractivity contribution in [2.24, 2.45) is 0 Å². The van der Waals surface area contributed by atoms with E-state index in [0.29, 0.717) is 5.02 Å². The summed E-state index contributed by atoms with van der Waals surface area (Å²) in [4.78, 5) is 12.3. The molecular formula is C19H18ClNO. The first-order chi connectivity index (χ1) is 10.6. The van der Waals surface area contributed by atoms with Gasteiger partial charge < -0.3 is 5.32 Å². The van der Waals surface area contributed by atoms with E-state index in [0.717, 1.165) is 23.2 Å². The van der Waals surface area contributed by atoms with Crippen molar-refractivity contribution < 1.29 is 4.79 Å². The number of anilines is 1. The molecule has 1 heterocycles. The number of nitrogens with one attached hydrogen (secondary N) is 1. The Bertz CT molecular complexity index is 783. The summed E-state index contributed by atoms with van der Waals surface area (Å²) >= 11 is 6.09. The van der Waals surface area contributed by atoms with Crippen LogP contribution in [0, 0.1) is 0 Å². The first-order valence-electron chi connectivity index (χ1n) is 7.87. The summed E-state index contributed by atoms with van der Waals surface area (Å²) in [5.74, 6) is -0.0255. The van der Waals surface area contributed by atoms with Crippen molar-refractivity contribution in [3.05, 3.63) is 57.2 Å². The maximum atomic E-state index is 12.3. The molecule has 0 aromatic heterocycles. The lowest BCUT2D eigenvalue weighted by atomic mass is 9.91. The molecule has 0 saturated heterocycles. The molecule has 0 spiro atoms. The first-order valence-corrected chi connectivity index (χ1v) is 8.25. The van der Waals surface area contributed by atoms with Crippen LogP contribution in [0.25, 0.3) is 5.57 Å². The van der Waals surface area contributed by atoms with Crippen LogP contribution in [0.5, 0.6) is 0 Å². The van der Waals surface area contributed by atoms with Gasteiger partial charge in [0.25, 0.3) is 5.91 Å². The van der Waals surface area contributed by atoms with Crippen LogP contribution in [0.4, 0.5) is 5.69 Å². The molecule has 0 fully saturated rings. The average Bonchev–Trinajstić information content (AvgIpc) is 2.99. The van der Waals surface area contributed by atoms with E-state index in [9.17, 15) is 4.79 Å². The topological polar surface area (TPSA) is 29.1 Å². The number of hydrogen-bond acceptors (Lipinski definition) is 1. The molecule has 0 radical (unpaired) electrons. The van der Waals surface area contributed by atoms with Gasteiger partial charge in [0.15, 0.2) is 0 Å². The molecule has 0 atom stereocenters. The van der Waals surface area contributed by atoms with Crippen molar-refractivity contribution in [3.8, 4) is 0 Å². The Balaban J connectivity index is 1.75. The Kier molecular flexibility index (Phi) is 3.23. The van der Waals surface area contributed by atoms with Crippen molar-refractivity contribution in [2.75, 3.05) is 5.32 Å². The molecule has 112 valence electrons. The molecule has 2 aliphatic carbocycles. The number of halogens is 1. The fourth-order valence-corrected chi connectivity index (χ4v) is 3.98. The van der Waals surface area contributed by atoms with Gasteiger partial charge in [-0.2, -0.15) is 0 Å². The summed E-state index contributed by atoms with van der Waals surface area (Å²) in [7, 11) is 0. The van der Waals surface area contributed by atoms with Gasteiger partial charge in [0, 0.05) is 21.8 Å². The van der Waals surface area contributed by atoms with E-state index in [1.54, 1.807) is 11.1 Å². The molecule has 1 N–H and O–H groups in total. The fraction of sp³-hybridized carbons (Fsp3) is 0.316. The second kappa shape index (κ2) is 5.13. The number of amides is 1. The lowest BCUT2D eigenvalue weighted by Gasteiger charge is -2.14. The van der Waals surface area contributed by atoms with E-state index in [-0.39, 0.29) is 5.91 Å². The number of rotatable bonds is 1. The highest BCUT2D eigenvalue weighted by atomic mass is 35.5. The predicted octanol–water partition coefficient (Wildman–Crippen LogP) is 5.27. The normalized spacial score (nSPS) is 22.3. The van der Waals surface area contributed by atoms with Crippen LogP contribution in [-0.2, 0) is 4.79 Å². The number of benzene rings is 1. The van der Waals surface area contributed by atoms with Crippen LogP contribution in [0.2, 0.25) is 5.02 Å². The predicted molar refractivity (Wildman–Crippen MR) is 90.9 cm³/mol. The van der Waals surface area contributed by atoms with Crippen LogP contribution < -0.4 is 5.32 Å². The standard InChI is InChI=1S/C19H18ClNO/c1-11-13(8-12-4-2-3-5-15(11)12)9-17-16-10-14(20)6-7-18(16)21-19(17)22/h6-7,9-10H,2-5,8H2,1H3,(H,21,22). The molecule has 1 amide bonds. The Labute approximate surface area is 135 Å². The summed E-state index contributed by atoms with van der Waals surface area (Å²) in [5, 5.41) is 3.59. The number of fused-ring (bicyclic) bond motifs is 1. The minimum Gasteiger partial charge on any atom is -0.321 e. The van der Waals surface area contributed by atoms with E-state index in [1.807, 2.05) is 18.2 Å². The molecule has 1 aromatic rings. The van der Waals surface area contributed by atoms with Gasteiger partial charge in [0.05, 0.1) is 0 Å². The number of allylic oxidation sites excluding steroid dienone is 5. The monoisotopic (exact) mass is 311 g/mol. The van der Waals surface area contributed by atoms with Crippen LogP contribution in [0.1, 0.15) is 44.6 Å². The molecule has 1 aromatic carbocycles. The summed E-state index contributed by atoms with van der Waals surface area (Å²) in [6, 6.07) is 5.55. The highest BCUT2D eigenvalue weighted by Gasteiger charge is 2.27. The van der Waals surface area contributed by atoms with Gasteiger partial charge in [-0.05, 0) is 80.0 Å². The minimum absolute atomic E-state index is 0.0255. The molecule has 0 unspecified atom stereocenters. The van der Waals surface area contributed by atoms with E-state index < -0.39 is 0 Å². The highest BCUT2D eigenvalue weighted by molar-refractivity contribution is 6.34. The lowest BCUT2D eigenvalue weighted by molar-refractivity contribution is -0.110. The zero-order valence-electron chi connectivity index (χ0n) is 12.6. The van der Waals surface area contributed by atoms with Gasteiger partial charge in [-0.15, -0.1) is 0 Å². The van der Waals surface area contributed by atoms with Crippen molar-refractivity contribution in [2.45, 2.75) is 39.0 Å². The third-order valence-corrected chi connectivity index (χ3v) is 5.24. The van der Waals surface area contributed by atoms with Gasteiger partial charge in [0.1, 0.15) is 0 Å². The fourth-order valence-electron chi connectivity index (χ4n) is 3.81. The van der Waals surface area contributed by atoms with E-state index in [4.69, 9.17) is 11.6 Å². The number of carbonyl (C=O) groups is 1. The van der Waals surface area contributed by atoms with Gasteiger partial charge in [0.2, 0.25) is 0 Å². The summed E-state index contributed by atoms with van der Waals surface area (Å²) < 4.78 is 0. The second-order valence-electron chi connectivity index (χ2n) is 6.32. The first kappa shape index (κ1) is 13.8. The van der Waals surface area contributed by atoms with Gasteiger partial charge >= 0.3 is 0 Å². The largest absolute Gasteiger partial charge is 0.321 e. The minimum atomic E-state index is -0.0255. The Morgan fingerprint density at radius 3 is 2.86 bits per heavy atom. The van der Waals surface area contributed by atoms with Crippen LogP contribution >= 0.6 is 11.6 Å². The van der Waals surface area contributed by atoms with Crippen molar-refractivity contribution in [3.63, 3.8) is 0 Å². The van der Waals surface area contributed by atoms with E-state index in [1.165, 1.54) is 36.8 Å². The smallest absolute Gasteiger partial charge is 0.256 e. The maximum absolute atomic E-state index is 12.3. The molecule has 0 saturated carbocycles. The van der Waals surface area contributed by atoms with E-state index >= 15 is 0 Å². The molecule has 1 aliphatic heterocycles. The molecule has 3 aliphatic rings. The molecule has 3 heteroatoms. The molecule has 0 bridgehead atoms. The third-order valence-electron chi connectivity index (χ3n) is 5.00. The van der Waals surface area contributed by atoms with Crippen molar-refractivity contribution in [1.29, 1.82) is 0 Å². The summed E-state index contributed by atoms with van der Waals surface area (Å²) in [6.07, 6.45) is 8.09. The molecule has 2 nitrogen and oxygen atoms in total. The number of hydrogen-bond donors (Lipinski definition) is 1. The molecule has 22 heavy (non-hydrogen) atoms. The Morgan fingerprint density at radius 1 is 1.23 bits per heavy atom. The highest BCUT2D eigenvalue weighted by Crippen LogP contribution is 2.43. The summed E-state index contributed by atoms with van der Waals surface area (Å²) in [6.45, 7) is 2.20. The van der Waals surface area contributed by atoms with Gasteiger partial charge in [-0.3, -0.25) is 4.79 Å². The SMILES string of the molecule is CC1=C(C=C2C(=O)Nc3ccc(Cl)cc32)CC2=C1CCCC2. The Morgan fingerprint density at radius 2 is 2.05 bits per heavy atom. The third kappa shape index (κ3) is 2.14. The zero-order chi connectivity index (χ0) is 15.3. The van der Waals surface area contributed by atoms with Gasteiger partial charge in [-0.1, -0.05) is 17.2 Å². The van der Waals surface area contributed by atoms with Gasteiger partial charge in [-0.25, -0.2) is 0 Å². The van der Waals surface area contributed by atoms with Crippen LogP contribution in [-0.4, -0.2) is 5.91 Å². The second-order valence-corrected chi connectivity index (χ2v) is 6.75. The zero-order valence-corrected chi connectivity index (χ0v) is 13.4. The van der Waals surface area contributed by atoms with Crippen LogP contribution in [0.15, 0.2) is 46.6 Å². The number of carbonyl (C=O) groups excluding carboxylic acids is 1. The van der Waals surface area contributed by atoms with Crippen molar-refractivity contribution >= 4 is 28.8 Å². The van der Waals surface area contributed by atoms with E-state index in [2.05, 4.69) is 18.3 Å². The quantitative estimate of drug-likeness (QED) is 0.704. The van der Waals surface area contributed by atoms with Crippen molar-refractivity contribution in [1.82, 2.24) is 0 Å². The molecule has 4 rings (SSSR count). The maximum Gasteiger partial charge on any atom is 0.256 e. The van der Waals surface area contributed by atoms with Crippen LogP contribution in [0.3, 0.4) is 0 Å². The summed E-state index contributed by atoms with van der Waals surface area (Å²) in [5.41, 5.74) is 8.32. The Hall–Kier alpha value is -1.80. The average molecular weight is 312 g/mol. The molecular weight excluding hydrogens is 294 g/mol.